The second-order valence-electron chi connectivity index (χ2n) is 7.40. The van der Waals surface area contributed by atoms with Crippen LogP contribution in [0.1, 0.15) is 66.7 Å². The summed E-state index contributed by atoms with van der Waals surface area (Å²) in [6.45, 7) is 8.01. The van der Waals surface area contributed by atoms with Crippen molar-refractivity contribution in [3.8, 4) is 0 Å². The molecule has 1 aromatic carbocycles. The average Bonchev–Trinajstić information content (AvgIpc) is 3.28. The van der Waals surface area contributed by atoms with Crippen LogP contribution in [0.4, 0.5) is 0 Å². The fraction of sp³-hybridized carbons (Fsp3) is 0.429. The summed E-state index contributed by atoms with van der Waals surface area (Å²) in [4.78, 5) is 17.5. The molecule has 3 aromatic rings. The largest absolute Gasteiger partial charge is 0.425 e. The third kappa shape index (κ3) is 5.25. The smallest absolute Gasteiger partial charge is 0.224 e. The summed E-state index contributed by atoms with van der Waals surface area (Å²) in [5.74, 6) is 1.07. The minimum Gasteiger partial charge on any atom is -0.425 e. The molecule has 0 aliphatic rings. The number of benzene rings is 1. The van der Waals surface area contributed by atoms with E-state index in [0.29, 0.717) is 17.7 Å². The Morgan fingerprint density at radius 2 is 1.93 bits per heavy atom. The van der Waals surface area contributed by atoms with E-state index >= 15 is 0 Å². The summed E-state index contributed by atoms with van der Waals surface area (Å²) < 4.78 is 5.65. The first-order valence-corrected chi connectivity index (χ1v) is 10.4. The lowest BCUT2D eigenvalue weighted by Crippen LogP contribution is -2.30. The fourth-order valence-electron chi connectivity index (χ4n) is 3.15. The number of hydrogen-bond acceptors (Lipinski definition) is 6. The molecule has 0 radical (unpaired) electrons. The average molecular weight is 399 g/mol. The van der Waals surface area contributed by atoms with E-state index in [1.165, 1.54) is 0 Å². The molecule has 2 heterocycles. The molecule has 0 bridgehead atoms. The van der Waals surface area contributed by atoms with Crippen molar-refractivity contribution < 1.29 is 9.21 Å². The second kappa shape index (κ2) is 9.10. The number of hydrogen-bond donors (Lipinski definition) is 1. The Morgan fingerprint density at radius 1 is 1.18 bits per heavy atom. The molecule has 148 valence electrons. The number of nitrogens with one attached hydrogen (secondary N) is 1. The Balaban J connectivity index is 1.78. The molecule has 2 atom stereocenters. The topological polar surface area (TPSA) is 80.9 Å². The Hall–Kier alpha value is -2.54. The van der Waals surface area contributed by atoms with Gasteiger partial charge in [0, 0.05) is 24.4 Å². The first kappa shape index (κ1) is 20.2. The molecule has 0 aliphatic heterocycles. The van der Waals surface area contributed by atoms with Crippen molar-refractivity contribution in [2.45, 2.75) is 52.5 Å². The molecule has 2 unspecified atom stereocenters. The SMILES string of the molecule is Cc1csc(C(CC(C)C)NC(=O)CC(c2ccccc2)c2nnc(C)o2)n1. The lowest BCUT2D eigenvalue weighted by atomic mass is 9.95. The van der Waals surface area contributed by atoms with Crippen molar-refractivity contribution in [2.75, 3.05) is 0 Å². The van der Waals surface area contributed by atoms with Gasteiger partial charge in [-0.15, -0.1) is 21.5 Å². The summed E-state index contributed by atoms with van der Waals surface area (Å²) in [7, 11) is 0. The van der Waals surface area contributed by atoms with E-state index < -0.39 is 0 Å². The molecule has 0 fully saturated rings. The van der Waals surface area contributed by atoms with E-state index in [1.54, 1.807) is 18.3 Å². The lowest BCUT2D eigenvalue weighted by Gasteiger charge is -2.20. The maximum absolute atomic E-state index is 13.0. The molecule has 6 nitrogen and oxygen atoms in total. The van der Waals surface area contributed by atoms with Gasteiger partial charge in [-0.2, -0.15) is 0 Å². The summed E-state index contributed by atoms with van der Waals surface area (Å²) in [5.41, 5.74) is 1.96. The molecule has 1 N–H and O–H groups in total. The number of nitrogens with zero attached hydrogens (tertiary/aromatic N) is 3. The maximum Gasteiger partial charge on any atom is 0.224 e. The number of carbonyl (C=O) groups excluding carboxylic acids is 1. The maximum atomic E-state index is 13.0. The number of aromatic nitrogens is 3. The molecule has 0 saturated carbocycles. The van der Waals surface area contributed by atoms with E-state index in [9.17, 15) is 4.79 Å². The van der Waals surface area contributed by atoms with Crippen LogP contribution in [0, 0.1) is 19.8 Å². The van der Waals surface area contributed by atoms with Gasteiger partial charge < -0.3 is 9.73 Å². The highest BCUT2D eigenvalue weighted by molar-refractivity contribution is 7.09. The number of amides is 1. The predicted octanol–water partition coefficient (Wildman–Crippen LogP) is 4.57. The highest BCUT2D eigenvalue weighted by atomic mass is 32.1. The van der Waals surface area contributed by atoms with E-state index in [0.717, 1.165) is 22.7 Å². The van der Waals surface area contributed by atoms with E-state index in [-0.39, 0.29) is 24.3 Å². The number of rotatable bonds is 8. The van der Waals surface area contributed by atoms with Crippen LogP contribution in [0.25, 0.3) is 0 Å². The van der Waals surface area contributed by atoms with Crippen LogP contribution in [0.15, 0.2) is 40.1 Å². The highest BCUT2D eigenvalue weighted by Crippen LogP contribution is 2.29. The number of thiazole rings is 1. The summed E-state index contributed by atoms with van der Waals surface area (Å²) in [5, 5.41) is 14.2. The second-order valence-corrected chi connectivity index (χ2v) is 8.29. The molecular formula is C21H26N4O2S. The zero-order valence-corrected chi connectivity index (χ0v) is 17.5. The van der Waals surface area contributed by atoms with Crippen LogP contribution < -0.4 is 5.32 Å². The standard InChI is InChI=1S/C21H26N4O2S/c1-13(2)10-18(21-22-14(3)12-28-21)23-19(26)11-17(16-8-6-5-7-9-16)20-25-24-15(4)27-20/h5-9,12-13,17-18H,10-11H2,1-4H3,(H,23,26). The van der Waals surface area contributed by atoms with Crippen LogP contribution >= 0.6 is 11.3 Å². The zero-order valence-electron chi connectivity index (χ0n) is 16.7. The Bertz CT molecular complexity index is 904. The van der Waals surface area contributed by atoms with Crippen molar-refractivity contribution in [1.29, 1.82) is 0 Å². The van der Waals surface area contributed by atoms with Crippen molar-refractivity contribution in [1.82, 2.24) is 20.5 Å². The Labute approximate surface area is 169 Å². The lowest BCUT2D eigenvalue weighted by molar-refractivity contribution is -0.122. The molecule has 28 heavy (non-hydrogen) atoms. The van der Waals surface area contributed by atoms with Gasteiger partial charge in [0.1, 0.15) is 5.01 Å². The summed E-state index contributed by atoms with van der Waals surface area (Å²) in [6.07, 6.45) is 1.08. The molecule has 2 aromatic heterocycles. The quantitative estimate of drug-likeness (QED) is 0.601. The van der Waals surface area contributed by atoms with Crippen LogP contribution in [-0.4, -0.2) is 21.1 Å². The first-order chi connectivity index (χ1) is 13.4. The fourth-order valence-corrected chi connectivity index (χ4v) is 4.01. The molecule has 3 rings (SSSR count). The molecule has 7 heteroatoms. The Morgan fingerprint density at radius 3 is 2.50 bits per heavy atom. The van der Waals surface area contributed by atoms with Crippen molar-refractivity contribution in [3.63, 3.8) is 0 Å². The molecule has 0 aliphatic carbocycles. The van der Waals surface area contributed by atoms with Gasteiger partial charge >= 0.3 is 0 Å². The summed E-state index contributed by atoms with van der Waals surface area (Å²) >= 11 is 1.59. The van der Waals surface area contributed by atoms with Gasteiger partial charge in [-0.1, -0.05) is 44.2 Å². The predicted molar refractivity (Wildman–Crippen MR) is 109 cm³/mol. The van der Waals surface area contributed by atoms with Crippen LogP contribution in [-0.2, 0) is 4.79 Å². The third-order valence-corrected chi connectivity index (χ3v) is 5.48. The minimum atomic E-state index is -0.278. The molecular weight excluding hydrogens is 372 g/mol. The van der Waals surface area contributed by atoms with Gasteiger partial charge in [0.05, 0.1) is 12.0 Å². The van der Waals surface area contributed by atoms with Gasteiger partial charge in [-0.3, -0.25) is 4.79 Å². The molecule has 1 amide bonds. The van der Waals surface area contributed by atoms with Gasteiger partial charge in [0.2, 0.25) is 17.7 Å². The highest BCUT2D eigenvalue weighted by Gasteiger charge is 2.26. The van der Waals surface area contributed by atoms with Gasteiger partial charge in [0.15, 0.2) is 0 Å². The molecule has 0 saturated heterocycles. The van der Waals surface area contributed by atoms with E-state index in [4.69, 9.17) is 4.42 Å². The van der Waals surface area contributed by atoms with Crippen LogP contribution in [0.3, 0.4) is 0 Å². The van der Waals surface area contributed by atoms with Gasteiger partial charge in [-0.05, 0) is 24.8 Å². The Kier molecular flexibility index (Phi) is 6.57. The van der Waals surface area contributed by atoms with Crippen LogP contribution in [0.2, 0.25) is 0 Å². The molecule has 0 spiro atoms. The normalized spacial score (nSPS) is 13.5. The number of aryl methyl sites for hydroxylation is 2. The van der Waals surface area contributed by atoms with E-state index in [1.807, 2.05) is 42.6 Å². The van der Waals surface area contributed by atoms with E-state index in [2.05, 4.69) is 34.3 Å². The number of carbonyl (C=O) groups is 1. The van der Waals surface area contributed by atoms with Crippen molar-refractivity contribution in [3.05, 3.63) is 63.8 Å². The van der Waals surface area contributed by atoms with Gasteiger partial charge in [0.25, 0.3) is 0 Å². The monoisotopic (exact) mass is 398 g/mol. The minimum absolute atomic E-state index is 0.0526. The zero-order chi connectivity index (χ0) is 20.1. The summed E-state index contributed by atoms with van der Waals surface area (Å²) in [6, 6.07) is 9.71. The first-order valence-electron chi connectivity index (χ1n) is 9.48. The third-order valence-electron chi connectivity index (χ3n) is 4.41. The van der Waals surface area contributed by atoms with Crippen molar-refractivity contribution in [2.24, 2.45) is 5.92 Å². The van der Waals surface area contributed by atoms with Crippen molar-refractivity contribution >= 4 is 17.2 Å². The van der Waals surface area contributed by atoms with Crippen LogP contribution in [0.5, 0.6) is 0 Å². The van der Waals surface area contributed by atoms with Gasteiger partial charge in [-0.25, -0.2) is 4.98 Å².